The van der Waals surface area contributed by atoms with Gasteiger partial charge in [-0.15, -0.1) is 4.67 Å². The van der Waals surface area contributed by atoms with Gasteiger partial charge in [-0.05, 0) is 74.6 Å². The Bertz CT molecular complexity index is 1680. The van der Waals surface area contributed by atoms with Crippen molar-refractivity contribution in [3.63, 3.8) is 0 Å². The van der Waals surface area contributed by atoms with Crippen LogP contribution in [0, 0.1) is 19.8 Å². The Labute approximate surface area is 351 Å². The predicted octanol–water partition coefficient (Wildman–Crippen LogP) is 5.27. The van der Waals surface area contributed by atoms with E-state index in [-0.39, 0.29) is 84.5 Å². The van der Waals surface area contributed by atoms with Crippen LogP contribution in [0.1, 0.15) is 58.7 Å². The third kappa shape index (κ3) is 14.3. The number of nitrogens with one attached hydrogen (secondary N) is 3. The SMILES string of the molecule is CCOP(=O)(O)OO[C@@H](C[C@H](Cc1ccccc1)NC(=O)[C@H](C(C)C)N1CCCNC1=O)[C@H](Cc1ccccc1)NC(=O)COc1c(C)cccc1C.[Ca+2].[H-].[H-]. The maximum absolute atomic E-state index is 14.1. The van der Waals surface area contributed by atoms with Crippen LogP contribution in [0.2, 0.25) is 0 Å². The quantitative estimate of drug-likeness (QED) is 0.0517. The van der Waals surface area contributed by atoms with Gasteiger partial charge in [-0.25, -0.2) is 14.2 Å². The van der Waals surface area contributed by atoms with Crippen LogP contribution in [-0.4, -0.2) is 116 Å². The molecule has 0 radical (unpaired) electrons. The number of benzene rings is 3. The average Bonchev–Trinajstić information content (AvgIpc) is 3.11. The molecule has 0 aromatic heterocycles. The molecule has 3 aromatic carbocycles. The van der Waals surface area contributed by atoms with Crippen LogP contribution in [0.15, 0.2) is 78.9 Å². The normalized spacial score (nSPS) is 16.2. The third-order valence-electron chi connectivity index (χ3n) is 8.94. The van der Waals surface area contributed by atoms with E-state index in [4.69, 9.17) is 18.8 Å². The van der Waals surface area contributed by atoms with Crippen molar-refractivity contribution < 1.29 is 45.5 Å². The molecular formula is C39H55CaN4O9P. The first-order chi connectivity index (χ1) is 25.4. The van der Waals surface area contributed by atoms with Crippen LogP contribution in [0.25, 0.3) is 0 Å². The number of amides is 4. The Hall–Kier alpha value is -3.00. The van der Waals surface area contributed by atoms with E-state index >= 15 is 0 Å². The van der Waals surface area contributed by atoms with Gasteiger partial charge in [0.2, 0.25) is 5.91 Å². The third-order valence-corrected chi connectivity index (χ3v) is 9.80. The van der Waals surface area contributed by atoms with Crippen LogP contribution in [-0.2, 0) is 41.1 Å². The molecule has 0 bridgehead atoms. The van der Waals surface area contributed by atoms with Gasteiger partial charge < -0.3 is 33.3 Å². The smallest absolute Gasteiger partial charge is 1.00 e. The number of aryl methyl sites for hydroxylation is 2. The molecule has 0 spiro atoms. The van der Waals surface area contributed by atoms with Gasteiger partial charge in [0.05, 0.1) is 12.6 Å². The Balaban J connectivity index is 0.00000523. The molecule has 1 aliphatic rings. The first kappa shape index (κ1) is 45.4. The number of carbonyl (C=O) groups excluding carboxylic acids is 3. The molecule has 1 saturated heterocycles. The van der Waals surface area contributed by atoms with E-state index in [2.05, 4.69) is 16.0 Å². The molecule has 1 unspecified atom stereocenters. The molecule has 4 rings (SSSR count). The minimum atomic E-state index is -4.66. The zero-order valence-corrected chi connectivity index (χ0v) is 35.0. The number of para-hydroxylation sites is 1. The Morgan fingerprint density at radius 3 is 2.13 bits per heavy atom. The van der Waals surface area contributed by atoms with Crippen LogP contribution in [0.3, 0.4) is 0 Å². The number of urea groups is 1. The molecule has 0 aliphatic carbocycles. The number of carbonyl (C=O) groups is 3. The van der Waals surface area contributed by atoms with Crippen LogP contribution in [0.5, 0.6) is 5.75 Å². The number of ether oxygens (including phenoxy) is 1. The first-order valence-corrected chi connectivity index (χ1v) is 19.6. The fourth-order valence-corrected chi connectivity index (χ4v) is 7.09. The summed E-state index contributed by atoms with van der Waals surface area (Å²) in [5.41, 5.74) is 3.51. The molecule has 1 aliphatic heterocycles. The van der Waals surface area contributed by atoms with Crippen molar-refractivity contribution in [3.8, 4) is 5.75 Å². The summed E-state index contributed by atoms with van der Waals surface area (Å²) in [6.45, 7) is 9.66. The molecule has 0 saturated carbocycles. The van der Waals surface area contributed by atoms with Crippen LogP contribution >= 0.6 is 7.82 Å². The molecule has 15 heteroatoms. The van der Waals surface area contributed by atoms with Crippen molar-refractivity contribution in [2.45, 2.75) is 84.5 Å². The maximum Gasteiger partial charge on any atom is 2.00 e. The number of hydrogen-bond acceptors (Lipinski definition) is 8. The minimum Gasteiger partial charge on any atom is -1.00 e. The number of nitrogens with zero attached hydrogens (tertiary/aromatic N) is 1. The van der Waals surface area contributed by atoms with E-state index in [0.29, 0.717) is 31.7 Å². The first-order valence-electron chi connectivity index (χ1n) is 18.1. The summed E-state index contributed by atoms with van der Waals surface area (Å²) in [6, 6.07) is 22.1. The molecule has 292 valence electrons. The zero-order chi connectivity index (χ0) is 38.4. The van der Waals surface area contributed by atoms with Crippen molar-refractivity contribution in [3.05, 3.63) is 101 Å². The van der Waals surface area contributed by atoms with Gasteiger partial charge >= 0.3 is 51.6 Å². The largest absolute Gasteiger partial charge is 2.00 e. The molecule has 54 heavy (non-hydrogen) atoms. The minimum absolute atomic E-state index is 0. The average molecular weight is 795 g/mol. The van der Waals surface area contributed by atoms with Gasteiger partial charge in [-0.1, -0.05) is 92.7 Å². The summed E-state index contributed by atoms with van der Waals surface area (Å²) in [6.07, 6.45) is 0.221. The predicted molar refractivity (Wildman–Crippen MR) is 209 cm³/mol. The number of phosphoric acid groups is 1. The van der Waals surface area contributed by atoms with E-state index in [1.54, 1.807) is 4.90 Å². The van der Waals surface area contributed by atoms with Crippen LogP contribution in [0.4, 0.5) is 4.79 Å². The molecule has 1 fully saturated rings. The van der Waals surface area contributed by atoms with Crippen molar-refractivity contribution in [2.24, 2.45) is 5.92 Å². The van der Waals surface area contributed by atoms with Gasteiger partial charge in [-0.3, -0.25) is 14.1 Å². The Kier molecular flexibility index (Phi) is 18.9. The summed E-state index contributed by atoms with van der Waals surface area (Å²) in [5.74, 6) is -0.423. The van der Waals surface area contributed by atoms with Gasteiger partial charge in [0.25, 0.3) is 5.91 Å². The maximum atomic E-state index is 14.1. The second-order valence-electron chi connectivity index (χ2n) is 13.6. The van der Waals surface area contributed by atoms with Crippen molar-refractivity contribution >= 4 is 63.4 Å². The fourth-order valence-electron chi connectivity index (χ4n) is 6.50. The second-order valence-corrected chi connectivity index (χ2v) is 14.9. The van der Waals surface area contributed by atoms with E-state index in [9.17, 15) is 23.8 Å². The Morgan fingerprint density at radius 2 is 1.56 bits per heavy atom. The van der Waals surface area contributed by atoms with E-state index in [0.717, 1.165) is 22.3 Å². The van der Waals surface area contributed by atoms with Gasteiger partial charge in [0, 0.05) is 19.1 Å². The Morgan fingerprint density at radius 1 is 0.944 bits per heavy atom. The molecule has 3 aromatic rings. The van der Waals surface area contributed by atoms with Crippen LogP contribution < -0.4 is 20.7 Å². The molecule has 4 amide bonds. The monoisotopic (exact) mass is 794 g/mol. The second kappa shape index (κ2) is 22.5. The standard InChI is InChI=1S/C39H53N4O9P.Ca.2H/c1-6-50-53(47,48)52-51-34(33(24-31-19-11-8-12-20-31)42-35(44)26-49-37-28(4)15-13-16-29(37)5)25-32(23-30-17-9-7-10-18-30)41-38(45)36(27(2)3)43-22-14-21-40-39(43)46;;;/h7-13,15-20,27,32-34,36H,6,14,21-26H2,1-5H3,(H,40,46)(H,41,45)(H,42,44)(H,47,48);;;/q;+2;2*-1/t32-,33-,34-,36-;;;/m0.../s1. The van der Waals surface area contributed by atoms with E-state index < -0.39 is 38.0 Å². The number of hydrogen-bond donors (Lipinski definition) is 4. The summed E-state index contributed by atoms with van der Waals surface area (Å²) in [5, 5.41) is 8.99. The van der Waals surface area contributed by atoms with Crippen molar-refractivity contribution in [1.82, 2.24) is 20.9 Å². The summed E-state index contributed by atoms with van der Waals surface area (Å²) >= 11 is 0. The van der Waals surface area contributed by atoms with Gasteiger partial charge in [0.15, 0.2) is 6.61 Å². The molecule has 5 atom stereocenters. The fraction of sp³-hybridized carbons (Fsp3) is 0.462. The van der Waals surface area contributed by atoms with E-state index in [1.807, 2.05) is 107 Å². The molecular weight excluding hydrogens is 740 g/mol. The molecule has 13 nitrogen and oxygen atoms in total. The summed E-state index contributed by atoms with van der Waals surface area (Å²) in [4.78, 5) is 58.3. The summed E-state index contributed by atoms with van der Waals surface area (Å²) in [7, 11) is -4.66. The zero-order valence-electron chi connectivity index (χ0n) is 33.9. The number of phosphoric ester groups is 1. The number of rotatable bonds is 20. The molecule has 1 heterocycles. The topological polar surface area (TPSA) is 165 Å². The van der Waals surface area contributed by atoms with Crippen molar-refractivity contribution in [2.75, 3.05) is 26.3 Å². The summed E-state index contributed by atoms with van der Waals surface area (Å²) < 4.78 is 28.7. The van der Waals surface area contributed by atoms with Gasteiger partial charge in [0.1, 0.15) is 17.9 Å². The van der Waals surface area contributed by atoms with Crippen molar-refractivity contribution in [1.29, 1.82) is 0 Å². The molecule has 4 N–H and O–H groups in total. The van der Waals surface area contributed by atoms with E-state index in [1.165, 1.54) is 6.92 Å². The van der Waals surface area contributed by atoms with Gasteiger partial charge in [-0.2, -0.15) is 0 Å².